The Bertz CT molecular complexity index is 632. The topological polar surface area (TPSA) is 50.4 Å². The lowest BCUT2D eigenvalue weighted by Gasteiger charge is -2.12. The fourth-order valence-corrected chi connectivity index (χ4v) is 2.20. The zero-order chi connectivity index (χ0) is 15.8. The van der Waals surface area contributed by atoms with Crippen LogP contribution in [0.1, 0.15) is 18.1 Å². The van der Waals surface area contributed by atoms with Crippen LogP contribution >= 0.6 is 11.6 Å². The molecule has 5 heteroatoms. The number of nitrogens with one attached hydrogen (secondary N) is 2. The minimum atomic E-state index is -0.297. The molecule has 0 atom stereocenters. The molecule has 2 rings (SSSR count). The molecule has 0 unspecified atom stereocenters. The van der Waals surface area contributed by atoms with E-state index in [1.807, 2.05) is 42.5 Å². The number of hydrogen-bond donors (Lipinski definition) is 2. The Hall–Kier alpha value is -2.20. The van der Waals surface area contributed by atoms with Crippen LogP contribution < -0.4 is 15.4 Å². The summed E-state index contributed by atoms with van der Waals surface area (Å²) in [5, 5.41) is 6.03. The predicted octanol–water partition coefficient (Wildman–Crippen LogP) is 3.74. The van der Waals surface area contributed by atoms with E-state index in [4.69, 9.17) is 16.3 Å². The Kier molecular flexibility index (Phi) is 6.10. The number of aryl methyl sites for hydroxylation is 1. The molecule has 0 aliphatic carbocycles. The van der Waals surface area contributed by atoms with Gasteiger partial charge in [0.2, 0.25) is 0 Å². The molecular formula is C17H19ClN2O2. The van der Waals surface area contributed by atoms with Crippen LogP contribution in [0.2, 0.25) is 5.02 Å². The summed E-state index contributed by atoms with van der Waals surface area (Å²) < 4.78 is 5.58. The van der Waals surface area contributed by atoms with Gasteiger partial charge in [0.25, 0.3) is 0 Å². The fraction of sp³-hybridized carbons (Fsp3) is 0.235. The molecule has 0 heterocycles. The van der Waals surface area contributed by atoms with E-state index in [1.54, 1.807) is 6.07 Å². The summed E-state index contributed by atoms with van der Waals surface area (Å²) >= 11 is 6.03. The van der Waals surface area contributed by atoms with E-state index in [-0.39, 0.29) is 12.8 Å². The first-order valence-corrected chi connectivity index (χ1v) is 7.54. The SMILES string of the molecule is CCc1ccccc1OCNC(=O)NCc1ccccc1Cl. The molecule has 2 N–H and O–H groups in total. The second-order valence-corrected chi connectivity index (χ2v) is 5.11. The van der Waals surface area contributed by atoms with Crippen molar-refractivity contribution in [1.82, 2.24) is 10.6 Å². The van der Waals surface area contributed by atoms with Crippen LogP contribution in [-0.2, 0) is 13.0 Å². The third-order valence-electron chi connectivity index (χ3n) is 3.21. The highest BCUT2D eigenvalue weighted by molar-refractivity contribution is 6.31. The number of hydrogen-bond acceptors (Lipinski definition) is 2. The quantitative estimate of drug-likeness (QED) is 0.797. The van der Waals surface area contributed by atoms with Gasteiger partial charge in [-0.25, -0.2) is 4.79 Å². The average Bonchev–Trinajstić information content (AvgIpc) is 2.54. The van der Waals surface area contributed by atoms with Crippen molar-refractivity contribution in [3.63, 3.8) is 0 Å². The van der Waals surface area contributed by atoms with Gasteiger partial charge in [-0.15, -0.1) is 0 Å². The van der Waals surface area contributed by atoms with Gasteiger partial charge in [-0.3, -0.25) is 0 Å². The first-order valence-electron chi connectivity index (χ1n) is 7.16. The lowest BCUT2D eigenvalue weighted by atomic mass is 10.1. The zero-order valence-corrected chi connectivity index (χ0v) is 13.2. The van der Waals surface area contributed by atoms with Crippen molar-refractivity contribution < 1.29 is 9.53 Å². The minimum Gasteiger partial charge on any atom is -0.473 e. The number of rotatable bonds is 6. The monoisotopic (exact) mass is 318 g/mol. The highest BCUT2D eigenvalue weighted by atomic mass is 35.5. The maximum atomic E-state index is 11.7. The molecule has 0 spiro atoms. The first-order chi connectivity index (χ1) is 10.7. The van der Waals surface area contributed by atoms with Crippen LogP contribution in [0, 0.1) is 0 Å². The molecule has 0 bridgehead atoms. The van der Waals surface area contributed by atoms with Gasteiger partial charge in [0, 0.05) is 11.6 Å². The fourth-order valence-electron chi connectivity index (χ4n) is 2.00. The van der Waals surface area contributed by atoms with Crippen LogP contribution in [-0.4, -0.2) is 12.8 Å². The third kappa shape index (κ3) is 4.67. The second kappa shape index (κ2) is 8.29. The van der Waals surface area contributed by atoms with Crippen LogP contribution in [0.25, 0.3) is 0 Å². The number of carbonyl (C=O) groups excluding carboxylic acids is 1. The third-order valence-corrected chi connectivity index (χ3v) is 3.58. The Morgan fingerprint density at radius 2 is 1.73 bits per heavy atom. The van der Waals surface area contributed by atoms with Crippen LogP contribution in [0.3, 0.4) is 0 Å². The maximum absolute atomic E-state index is 11.7. The van der Waals surface area contributed by atoms with Crippen molar-refractivity contribution in [2.45, 2.75) is 19.9 Å². The summed E-state index contributed by atoms with van der Waals surface area (Å²) in [7, 11) is 0. The molecule has 0 saturated carbocycles. The van der Waals surface area contributed by atoms with Gasteiger partial charge in [-0.2, -0.15) is 0 Å². The largest absolute Gasteiger partial charge is 0.473 e. The molecule has 0 radical (unpaired) electrons. The minimum absolute atomic E-state index is 0.116. The van der Waals surface area contributed by atoms with Crippen molar-refractivity contribution in [1.29, 1.82) is 0 Å². The summed E-state index contributed by atoms with van der Waals surface area (Å²) in [6.45, 7) is 2.55. The summed E-state index contributed by atoms with van der Waals surface area (Å²) in [5.41, 5.74) is 1.98. The van der Waals surface area contributed by atoms with Crippen molar-refractivity contribution >= 4 is 17.6 Å². The number of urea groups is 1. The lowest BCUT2D eigenvalue weighted by molar-refractivity contribution is 0.223. The van der Waals surface area contributed by atoms with Crippen LogP contribution in [0.5, 0.6) is 5.75 Å². The van der Waals surface area contributed by atoms with Crippen molar-refractivity contribution in [2.24, 2.45) is 0 Å². The molecule has 4 nitrogen and oxygen atoms in total. The summed E-state index contributed by atoms with van der Waals surface area (Å²) in [6.07, 6.45) is 0.884. The maximum Gasteiger partial charge on any atom is 0.317 e. The Morgan fingerprint density at radius 3 is 2.45 bits per heavy atom. The summed E-state index contributed by atoms with van der Waals surface area (Å²) in [6, 6.07) is 14.9. The number of benzene rings is 2. The van der Waals surface area contributed by atoms with Crippen LogP contribution in [0.4, 0.5) is 4.79 Å². The van der Waals surface area contributed by atoms with Gasteiger partial charge < -0.3 is 15.4 Å². The van der Waals surface area contributed by atoms with Crippen molar-refractivity contribution in [3.05, 3.63) is 64.7 Å². The van der Waals surface area contributed by atoms with Gasteiger partial charge in [-0.1, -0.05) is 54.9 Å². The molecule has 0 aliphatic heterocycles. The molecule has 2 amide bonds. The molecule has 0 fully saturated rings. The second-order valence-electron chi connectivity index (χ2n) is 4.70. The van der Waals surface area contributed by atoms with E-state index in [0.29, 0.717) is 11.6 Å². The molecule has 0 aliphatic rings. The van der Waals surface area contributed by atoms with E-state index in [9.17, 15) is 4.79 Å². The summed E-state index contributed by atoms with van der Waals surface area (Å²) in [4.78, 5) is 11.7. The Morgan fingerprint density at radius 1 is 1.05 bits per heavy atom. The van der Waals surface area contributed by atoms with Gasteiger partial charge in [0.05, 0.1) is 0 Å². The smallest absolute Gasteiger partial charge is 0.317 e. The Balaban J connectivity index is 1.75. The predicted molar refractivity (Wildman–Crippen MR) is 88.1 cm³/mol. The zero-order valence-electron chi connectivity index (χ0n) is 12.4. The van der Waals surface area contributed by atoms with Crippen molar-refractivity contribution in [2.75, 3.05) is 6.73 Å². The van der Waals surface area contributed by atoms with Gasteiger partial charge in [-0.05, 0) is 29.7 Å². The van der Waals surface area contributed by atoms with Crippen LogP contribution in [0.15, 0.2) is 48.5 Å². The molecule has 0 aromatic heterocycles. The normalized spacial score (nSPS) is 10.1. The van der Waals surface area contributed by atoms with E-state index >= 15 is 0 Å². The van der Waals surface area contributed by atoms with Gasteiger partial charge >= 0.3 is 6.03 Å². The molecular weight excluding hydrogens is 300 g/mol. The number of para-hydroxylation sites is 1. The highest BCUT2D eigenvalue weighted by Gasteiger charge is 2.04. The molecule has 2 aromatic carbocycles. The highest BCUT2D eigenvalue weighted by Crippen LogP contribution is 2.17. The number of carbonyl (C=O) groups is 1. The molecule has 116 valence electrons. The van der Waals surface area contributed by atoms with E-state index in [2.05, 4.69) is 17.6 Å². The van der Waals surface area contributed by atoms with Gasteiger partial charge in [0.1, 0.15) is 5.75 Å². The van der Waals surface area contributed by atoms with E-state index < -0.39 is 0 Å². The average molecular weight is 319 g/mol. The van der Waals surface area contributed by atoms with Gasteiger partial charge in [0.15, 0.2) is 6.73 Å². The molecule has 22 heavy (non-hydrogen) atoms. The first kappa shape index (κ1) is 16.2. The van der Waals surface area contributed by atoms with Crippen molar-refractivity contribution in [3.8, 4) is 5.75 Å². The summed E-state index contributed by atoms with van der Waals surface area (Å²) in [5.74, 6) is 0.788. The Labute approximate surface area is 135 Å². The van der Waals surface area contributed by atoms with E-state index in [0.717, 1.165) is 23.3 Å². The number of ether oxygens (including phenoxy) is 1. The molecule has 2 aromatic rings. The standard InChI is InChI=1S/C17H19ClN2O2/c1-2-13-7-4-6-10-16(13)22-12-20-17(21)19-11-14-8-3-5-9-15(14)18/h3-10H,2,11-12H2,1H3,(H2,19,20,21). The lowest BCUT2D eigenvalue weighted by Crippen LogP contribution is -2.37. The molecule has 0 saturated heterocycles. The number of amides is 2. The van der Waals surface area contributed by atoms with E-state index in [1.165, 1.54) is 0 Å². The number of halogens is 1.